The lowest BCUT2D eigenvalue weighted by molar-refractivity contribution is -0.140. The predicted octanol–water partition coefficient (Wildman–Crippen LogP) is 3.71. The van der Waals surface area contributed by atoms with Crippen LogP contribution in [-0.4, -0.2) is 37.5 Å². The van der Waals surface area contributed by atoms with Crippen LogP contribution in [0.2, 0.25) is 0 Å². The van der Waals surface area contributed by atoms with Crippen LogP contribution in [0.4, 0.5) is 0 Å². The van der Waals surface area contributed by atoms with Crippen molar-refractivity contribution < 1.29 is 17.9 Å². The van der Waals surface area contributed by atoms with E-state index in [2.05, 4.69) is 0 Å². The second-order valence-electron chi connectivity index (χ2n) is 6.80. The molecule has 0 unspecified atom stereocenters. The summed E-state index contributed by atoms with van der Waals surface area (Å²) < 4.78 is 31.2. The smallest absolute Gasteiger partial charge is 0.314 e. The molecule has 1 fully saturated rings. The molecule has 1 saturated heterocycles. The van der Waals surface area contributed by atoms with E-state index in [0.717, 1.165) is 11.1 Å². The molecule has 6 heteroatoms. The molecular weight excluding hydrogens is 362 g/mol. The number of sulfonamides is 1. The van der Waals surface area contributed by atoms with Crippen molar-refractivity contribution in [2.75, 3.05) is 18.8 Å². The first-order valence-corrected chi connectivity index (χ1v) is 11.0. The third kappa shape index (κ3) is 4.96. The van der Waals surface area contributed by atoms with E-state index in [-0.39, 0.29) is 17.6 Å². The van der Waals surface area contributed by atoms with Crippen LogP contribution in [0.1, 0.15) is 26.2 Å². The Hall–Kier alpha value is -2.18. The van der Waals surface area contributed by atoms with Crippen molar-refractivity contribution in [2.45, 2.75) is 26.2 Å². The molecule has 144 valence electrons. The summed E-state index contributed by atoms with van der Waals surface area (Å²) in [5.41, 5.74) is 2.17. The standard InChI is InChI=1S/C21H25NO4S/c1-2-16-27(24,25)22-14-12-19(13-15-22)21(23)26-20-10-8-18(9-11-20)17-6-4-3-5-7-17/h3-11,19H,2,12-16H2,1H3. The third-order valence-corrected chi connectivity index (χ3v) is 6.90. The number of piperidine rings is 1. The molecular formula is C21H25NO4S. The topological polar surface area (TPSA) is 63.7 Å². The minimum Gasteiger partial charge on any atom is -0.426 e. The molecule has 5 nitrogen and oxygen atoms in total. The molecule has 0 aromatic heterocycles. The fourth-order valence-corrected chi connectivity index (χ4v) is 4.84. The molecule has 0 amide bonds. The Labute approximate surface area is 161 Å². The van der Waals surface area contributed by atoms with Gasteiger partial charge in [-0.25, -0.2) is 12.7 Å². The third-order valence-electron chi connectivity index (χ3n) is 4.82. The van der Waals surface area contributed by atoms with Crippen LogP contribution >= 0.6 is 0 Å². The Bertz CT molecular complexity index is 855. The maximum atomic E-state index is 12.4. The Balaban J connectivity index is 1.55. The zero-order valence-corrected chi connectivity index (χ0v) is 16.3. The van der Waals surface area contributed by atoms with E-state index in [1.165, 1.54) is 4.31 Å². The number of hydrogen-bond donors (Lipinski definition) is 0. The number of carbonyl (C=O) groups is 1. The number of esters is 1. The monoisotopic (exact) mass is 387 g/mol. The molecule has 27 heavy (non-hydrogen) atoms. The minimum atomic E-state index is -3.19. The van der Waals surface area contributed by atoms with Gasteiger partial charge in [0.25, 0.3) is 0 Å². The van der Waals surface area contributed by atoms with E-state index >= 15 is 0 Å². The van der Waals surface area contributed by atoms with Crippen molar-refractivity contribution in [1.29, 1.82) is 0 Å². The molecule has 2 aromatic carbocycles. The second kappa shape index (κ2) is 8.67. The fraction of sp³-hybridized carbons (Fsp3) is 0.381. The first-order chi connectivity index (χ1) is 13.0. The molecule has 2 aromatic rings. The average Bonchev–Trinajstić information content (AvgIpc) is 2.69. The molecule has 0 N–H and O–H groups in total. The summed E-state index contributed by atoms with van der Waals surface area (Å²) in [5.74, 6) is 0.137. The van der Waals surface area contributed by atoms with Gasteiger partial charge in [-0.15, -0.1) is 0 Å². The van der Waals surface area contributed by atoms with Crippen LogP contribution in [0.25, 0.3) is 11.1 Å². The summed E-state index contributed by atoms with van der Waals surface area (Å²) in [6.45, 7) is 2.62. The molecule has 0 spiro atoms. The van der Waals surface area contributed by atoms with Crippen LogP contribution in [0, 0.1) is 5.92 Å². The maximum Gasteiger partial charge on any atom is 0.314 e. The van der Waals surface area contributed by atoms with Gasteiger partial charge in [-0.2, -0.15) is 0 Å². The number of rotatable bonds is 6. The van der Waals surface area contributed by atoms with E-state index in [1.807, 2.05) is 49.4 Å². The average molecular weight is 388 g/mol. The van der Waals surface area contributed by atoms with E-state index in [0.29, 0.717) is 38.1 Å². The van der Waals surface area contributed by atoms with Crippen LogP contribution in [0.15, 0.2) is 54.6 Å². The van der Waals surface area contributed by atoms with Gasteiger partial charge in [0.1, 0.15) is 5.75 Å². The van der Waals surface area contributed by atoms with E-state index < -0.39 is 10.0 Å². The molecule has 1 aliphatic rings. The van der Waals surface area contributed by atoms with Gasteiger partial charge >= 0.3 is 5.97 Å². The number of hydrogen-bond acceptors (Lipinski definition) is 4. The van der Waals surface area contributed by atoms with Crippen LogP contribution < -0.4 is 4.74 Å². The highest BCUT2D eigenvalue weighted by atomic mass is 32.2. The number of nitrogens with zero attached hydrogens (tertiary/aromatic N) is 1. The Morgan fingerprint density at radius 2 is 1.59 bits per heavy atom. The highest BCUT2D eigenvalue weighted by molar-refractivity contribution is 7.89. The van der Waals surface area contributed by atoms with E-state index in [4.69, 9.17) is 4.74 Å². The molecule has 0 radical (unpaired) electrons. The maximum absolute atomic E-state index is 12.4. The zero-order valence-electron chi connectivity index (χ0n) is 15.5. The van der Waals surface area contributed by atoms with Gasteiger partial charge in [0, 0.05) is 13.1 Å². The minimum absolute atomic E-state index is 0.163. The van der Waals surface area contributed by atoms with Crippen molar-refractivity contribution in [3.63, 3.8) is 0 Å². The zero-order chi connectivity index (χ0) is 19.3. The summed E-state index contributed by atoms with van der Waals surface area (Å²) in [6, 6.07) is 17.4. The molecule has 0 bridgehead atoms. The second-order valence-corrected chi connectivity index (χ2v) is 8.89. The Morgan fingerprint density at radius 1 is 1.00 bits per heavy atom. The van der Waals surface area contributed by atoms with Crippen molar-refractivity contribution in [3.05, 3.63) is 54.6 Å². The summed E-state index contributed by atoms with van der Waals surface area (Å²) >= 11 is 0. The largest absolute Gasteiger partial charge is 0.426 e. The molecule has 3 rings (SSSR count). The lowest BCUT2D eigenvalue weighted by Crippen LogP contribution is -2.42. The molecule has 0 atom stereocenters. The number of benzene rings is 2. The van der Waals surface area contributed by atoms with Gasteiger partial charge in [0.2, 0.25) is 10.0 Å². The van der Waals surface area contributed by atoms with Gasteiger partial charge in [-0.1, -0.05) is 49.4 Å². The van der Waals surface area contributed by atoms with Gasteiger partial charge in [-0.05, 0) is 42.5 Å². The van der Waals surface area contributed by atoms with Gasteiger partial charge in [0.15, 0.2) is 0 Å². The molecule has 1 aliphatic heterocycles. The highest BCUT2D eigenvalue weighted by Gasteiger charge is 2.31. The summed E-state index contributed by atoms with van der Waals surface area (Å²) in [4.78, 5) is 12.4. The van der Waals surface area contributed by atoms with E-state index in [9.17, 15) is 13.2 Å². The van der Waals surface area contributed by atoms with Crippen LogP contribution in [0.5, 0.6) is 5.75 Å². The normalized spacial score (nSPS) is 16.2. The van der Waals surface area contributed by atoms with Crippen LogP contribution in [-0.2, 0) is 14.8 Å². The summed E-state index contributed by atoms with van der Waals surface area (Å²) in [6.07, 6.45) is 1.61. The van der Waals surface area contributed by atoms with Gasteiger partial charge in [-0.3, -0.25) is 4.79 Å². The summed E-state index contributed by atoms with van der Waals surface area (Å²) in [5, 5.41) is 0. The molecule has 0 saturated carbocycles. The van der Waals surface area contributed by atoms with Gasteiger partial charge in [0.05, 0.1) is 11.7 Å². The predicted molar refractivity (Wildman–Crippen MR) is 106 cm³/mol. The first-order valence-electron chi connectivity index (χ1n) is 9.34. The first kappa shape index (κ1) is 19.6. The fourth-order valence-electron chi connectivity index (χ4n) is 3.30. The number of carbonyl (C=O) groups excluding carboxylic acids is 1. The SMILES string of the molecule is CCCS(=O)(=O)N1CCC(C(=O)Oc2ccc(-c3ccccc3)cc2)CC1. The van der Waals surface area contributed by atoms with Crippen molar-refractivity contribution in [2.24, 2.45) is 5.92 Å². The van der Waals surface area contributed by atoms with Gasteiger partial charge < -0.3 is 4.74 Å². The Kier molecular flexibility index (Phi) is 6.29. The van der Waals surface area contributed by atoms with Crippen molar-refractivity contribution in [1.82, 2.24) is 4.31 Å². The van der Waals surface area contributed by atoms with Crippen molar-refractivity contribution in [3.8, 4) is 16.9 Å². The van der Waals surface area contributed by atoms with E-state index in [1.54, 1.807) is 12.1 Å². The molecule has 1 heterocycles. The van der Waals surface area contributed by atoms with Crippen molar-refractivity contribution >= 4 is 16.0 Å². The van der Waals surface area contributed by atoms with Crippen LogP contribution in [0.3, 0.4) is 0 Å². The highest BCUT2D eigenvalue weighted by Crippen LogP contribution is 2.25. The lowest BCUT2D eigenvalue weighted by Gasteiger charge is -2.30. The molecule has 0 aliphatic carbocycles. The Morgan fingerprint density at radius 3 is 2.19 bits per heavy atom. The lowest BCUT2D eigenvalue weighted by atomic mass is 9.98. The number of ether oxygens (including phenoxy) is 1. The quantitative estimate of drug-likeness (QED) is 0.560. The summed E-state index contributed by atoms with van der Waals surface area (Å²) in [7, 11) is -3.19.